The molecule has 3 atom stereocenters. The average Bonchev–Trinajstić information content (AvgIpc) is 2.55. The summed E-state index contributed by atoms with van der Waals surface area (Å²) in [7, 11) is 0. The minimum atomic E-state index is -0.246. The van der Waals surface area contributed by atoms with Crippen LogP contribution in [0.5, 0.6) is 0 Å². The van der Waals surface area contributed by atoms with Gasteiger partial charge >= 0.3 is 0 Å². The third-order valence-corrected chi connectivity index (χ3v) is 3.36. The van der Waals surface area contributed by atoms with E-state index in [9.17, 15) is 5.11 Å². The quantitative estimate of drug-likeness (QED) is 0.701. The lowest BCUT2D eigenvalue weighted by Crippen LogP contribution is -2.43. The van der Waals surface area contributed by atoms with Gasteiger partial charge in [-0.05, 0) is 39.5 Å². The predicted octanol–water partition coefficient (Wildman–Crippen LogP) is 1.92. The first-order chi connectivity index (χ1) is 6.11. The Balaban J connectivity index is 2.26. The van der Waals surface area contributed by atoms with Crippen LogP contribution < -0.4 is 5.32 Å². The van der Waals surface area contributed by atoms with Gasteiger partial charge < -0.3 is 10.4 Å². The van der Waals surface area contributed by atoms with Crippen molar-refractivity contribution in [1.29, 1.82) is 0 Å². The van der Waals surface area contributed by atoms with Crippen molar-refractivity contribution < 1.29 is 5.11 Å². The standard InChI is InChI=1S/C11H23NO/c1-8(10(3)13)12-9(2)11-6-4-5-7-11/h8-13H,4-7H2,1-3H3. The van der Waals surface area contributed by atoms with Crippen LogP contribution in [0.4, 0.5) is 0 Å². The second-order valence-corrected chi connectivity index (χ2v) is 4.53. The van der Waals surface area contributed by atoms with Gasteiger partial charge in [0.2, 0.25) is 0 Å². The summed E-state index contributed by atoms with van der Waals surface area (Å²) in [5, 5.41) is 12.8. The highest BCUT2D eigenvalue weighted by Crippen LogP contribution is 2.27. The van der Waals surface area contributed by atoms with Crippen LogP contribution in [-0.2, 0) is 0 Å². The molecule has 0 spiro atoms. The molecule has 2 heteroatoms. The number of hydrogen-bond acceptors (Lipinski definition) is 2. The van der Waals surface area contributed by atoms with Gasteiger partial charge in [0.25, 0.3) is 0 Å². The summed E-state index contributed by atoms with van der Waals surface area (Å²) in [5.41, 5.74) is 0. The summed E-state index contributed by atoms with van der Waals surface area (Å²) >= 11 is 0. The molecule has 1 rings (SSSR count). The normalized spacial score (nSPS) is 25.8. The largest absolute Gasteiger partial charge is 0.392 e. The molecule has 2 nitrogen and oxygen atoms in total. The maximum Gasteiger partial charge on any atom is 0.0662 e. The molecule has 0 aliphatic heterocycles. The van der Waals surface area contributed by atoms with Crippen LogP contribution in [-0.4, -0.2) is 23.3 Å². The van der Waals surface area contributed by atoms with Gasteiger partial charge in [0, 0.05) is 12.1 Å². The zero-order chi connectivity index (χ0) is 9.84. The maximum atomic E-state index is 9.35. The van der Waals surface area contributed by atoms with Crippen molar-refractivity contribution in [2.24, 2.45) is 5.92 Å². The molecular formula is C11H23NO. The monoisotopic (exact) mass is 185 g/mol. The second-order valence-electron chi connectivity index (χ2n) is 4.53. The molecule has 1 fully saturated rings. The number of aliphatic hydroxyl groups excluding tert-OH is 1. The fraction of sp³-hybridized carbons (Fsp3) is 1.00. The third-order valence-electron chi connectivity index (χ3n) is 3.36. The lowest BCUT2D eigenvalue weighted by atomic mass is 9.98. The molecule has 0 aromatic heterocycles. The Kier molecular flexibility index (Phi) is 4.20. The van der Waals surface area contributed by atoms with Gasteiger partial charge in [0.1, 0.15) is 0 Å². The molecule has 1 aliphatic rings. The highest BCUT2D eigenvalue weighted by molar-refractivity contribution is 4.80. The highest BCUT2D eigenvalue weighted by Gasteiger charge is 2.23. The molecule has 0 amide bonds. The molecule has 0 heterocycles. The molecule has 0 radical (unpaired) electrons. The Morgan fingerprint density at radius 2 is 1.69 bits per heavy atom. The van der Waals surface area contributed by atoms with Gasteiger partial charge in [-0.2, -0.15) is 0 Å². The Bertz CT molecular complexity index is 141. The van der Waals surface area contributed by atoms with Crippen LogP contribution in [0.2, 0.25) is 0 Å². The minimum absolute atomic E-state index is 0.218. The molecule has 1 saturated carbocycles. The van der Waals surface area contributed by atoms with Crippen molar-refractivity contribution in [1.82, 2.24) is 5.32 Å². The van der Waals surface area contributed by atoms with Crippen LogP contribution in [0.15, 0.2) is 0 Å². The SMILES string of the molecule is CC(O)C(C)NC(C)C1CCCC1. The van der Waals surface area contributed by atoms with E-state index in [4.69, 9.17) is 0 Å². The molecule has 78 valence electrons. The summed E-state index contributed by atoms with van der Waals surface area (Å²) in [4.78, 5) is 0. The zero-order valence-electron chi connectivity index (χ0n) is 9.09. The summed E-state index contributed by atoms with van der Waals surface area (Å²) in [5.74, 6) is 0.834. The Hall–Kier alpha value is -0.0800. The van der Waals surface area contributed by atoms with Crippen LogP contribution in [0.25, 0.3) is 0 Å². The lowest BCUT2D eigenvalue weighted by Gasteiger charge is -2.26. The number of hydrogen-bond donors (Lipinski definition) is 2. The van der Waals surface area contributed by atoms with Crippen molar-refractivity contribution in [3.63, 3.8) is 0 Å². The topological polar surface area (TPSA) is 32.3 Å². The van der Waals surface area contributed by atoms with E-state index in [1.807, 2.05) is 6.92 Å². The molecule has 2 N–H and O–H groups in total. The first kappa shape index (κ1) is 11.0. The summed E-state index contributed by atoms with van der Waals surface area (Å²) in [6, 6.07) is 0.780. The molecule has 0 bridgehead atoms. The van der Waals surface area contributed by atoms with E-state index in [0.29, 0.717) is 6.04 Å². The van der Waals surface area contributed by atoms with Crippen molar-refractivity contribution in [3.8, 4) is 0 Å². The summed E-state index contributed by atoms with van der Waals surface area (Å²) < 4.78 is 0. The lowest BCUT2D eigenvalue weighted by molar-refractivity contribution is 0.140. The Morgan fingerprint density at radius 3 is 2.15 bits per heavy atom. The smallest absolute Gasteiger partial charge is 0.0662 e. The molecule has 3 unspecified atom stereocenters. The van der Waals surface area contributed by atoms with E-state index < -0.39 is 0 Å². The van der Waals surface area contributed by atoms with Gasteiger partial charge in [-0.1, -0.05) is 12.8 Å². The second kappa shape index (κ2) is 4.97. The van der Waals surface area contributed by atoms with E-state index in [0.717, 1.165) is 5.92 Å². The van der Waals surface area contributed by atoms with Crippen LogP contribution in [0.3, 0.4) is 0 Å². The van der Waals surface area contributed by atoms with Crippen LogP contribution in [0, 0.1) is 5.92 Å². The Labute approximate surface area is 81.7 Å². The van der Waals surface area contributed by atoms with Crippen molar-refractivity contribution >= 4 is 0 Å². The molecule has 0 aromatic carbocycles. The fourth-order valence-electron chi connectivity index (χ4n) is 2.15. The van der Waals surface area contributed by atoms with Crippen LogP contribution >= 0.6 is 0 Å². The van der Waals surface area contributed by atoms with Gasteiger partial charge in [0.05, 0.1) is 6.10 Å². The van der Waals surface area contributed by atoms with Crippen molar-refractivity contribution in [3.05, 3.63) is 0 Å². The summed E-state index contributed by atoms with van der Waals surface area (Å²) in [6.07, 6.45) is 5.25. The van der Waals surface area contributed by atoms with Crippen molar-refractivity contribution in [2.45, 2.75) is 64.6 Å². The molecule has 1 aliphatic carbocycles. The number of rotatable bonds is 4. The zero-order valence-corrected chi connectivity index (χ0v) is 9.09. The molecule has 0 aromatic rings. The third kappa shape index (κ3) is 3.28. The van der Waals surface area contributed by atoms with E-state index in [1.54, 1.807) is 0 Å². The first-order valence-corrected chi connectivity index (χ1v) is 5.55. The van der Waals surface area contributed by atoms with E-state index in [-0.39, 0.29) is 12.1 Å². The van der Waals surface area contributed by atoms with E-state index in [2.05, 4.69) is 19.2 Å². The van der Waals surface area contributed by atoms with Crippen molar-refractivity contribution in [2.75, 3.05) is 0 Å². The van der Waals surface area contributed by atoms with E-state index in [1.165, 1.54) is 25.7 Å². The Morgan fingerprint density at radius 1 is 1.15 bits per heavy atom. The minimum Gasteiger partial charge on any atom is -0.392 e. The molecule has 13 heavy (non-hydrogen) atoms. The fourth-order valence-corrected chi connectivity index (χ4v) is 2.15. The maximum absolute atomic E-state index is 9.35. The number of aliphatic hydroxyl groups is 1. The molecule has 0 saturated heterocycles. The summed E-state index contributed by atoms with van der Waals surface area (Å²) in [6.45, 7) is 6.14. The average molecular weight is 185 g/mol. The number of nitrogens with one attached hydrogen (secondary N) is 1. The van der Waals surface area contributed by atoms with Gasteiger partial charge in [-0.3, -0.25) is 0 Å². The first-order valence-electron chi connectivity index (χ1n) is 5.55. The van der Waals surface area contributed by atoms with Gasteiger partial charge in [-0.15, -0.1) is 0 Å². The highest BCUT2D eigenvalue weighted by atomic mass is 16.3. The van der Waals surface area contributed by atoms with E-state index >= 15 is 0 Å². The predicted molar refractivity (Wildman–Crippen MR) is 55.7 cm³/mol. The van der Waals surface area contributed by atoms with Crippen LogP contribution in [0.1, 0.15) is 46.5 Å². The van der Waals surface area contributed by atoms with Gasteiger partial charge in [0.15, 0.2) is 0 Å². The molecular weight excluding hydrogens is 162 g/mol. The van der Waals surface area contributed by atoms with Gasteiger partial charge in [-0.25, -0.2) is 0 Å².